The first-order valence-electron chi connectivity index (χ1n) is 6.30. The minimum absolute atomic E-state index is 0.00548. The first kappa shape index (κ1) is 15.0. The first-order valence-corrected chi connectivity index (χ1v) is 7.09. The van der Waals surface area contributed by atoms with E-state index in [-0.39, 0.29) is 18.0 Å². The van der Waals surface area contributed by atoms with Crippen LogP contribution < -0.4 is 14.9 Å². The molecule has 0 radical (unpaired) electrons. The quantitative estimate of drug-likeness (QED) is 0.478. The van der Waals surface area contributed by atoms with E-state index in [9.17, 15) is 14.9 Å². The SMILES string of the molecule is O=C(N/N=C\c1cc2c(cc1[N+](=O)[O-])OCO2)c1cc(Br)c[nH]1. The molecule has 1 aromatic carbocycles. The normalized spacial score (nSPS) is 12.6. The number of hydrazone groups is 1. The molecule has 0 saturated carbocycles. The second-order valence-corrected chi connectivity index (χ2v) is 5.37. The Kier molecular flexibility index (Phi) is 3.98. The van der Waals surface area contributed by atoms with Gasteiger partial charge in [-0.25, -0.2) is 5.43 Å². The lowest BCUT2D eigenvalue weighted by atomic mass is 10.1. The summed E-state index contributed by atoms with van der Waals surface area (Å²) in [7, 11) is 0. The van der Waals surface area contributed by atoms with E-state index in [4.69, 9.17) is 9.47 Å². The summed E-state index contributed by atoms with van der Waals surface area (Å²) in [6.07, 6.45) is 2.78. The number of nitro groups is 1. The molecule has 1 aromatic heterocycles. The Morgan fingerprint density at radius 1 is 1.39 bits per heavy atom. The van der Waals surface area contributed by atoms with Crippen LogP contribution in [-0.4, -0.2) is 28.8 Å². The Labute approximate surface area is 137 Å². The largest absolute Gasteiger partial charge is 0.454 e. The third kappa shape index (κ3) is 3.16. The second kappa shape index (κ2) is 6.08. The summed E-state index contributed by atoms with van der Waals surface area (Å²) in [5.74, 6) is 0.209. The maximum atomic E-state index is 11.8. The summed E-state index contributed by atoms with van der Waals surface area (Å²) in [5.41, 5.74) is 2.57. The fourth-order valence-corrected chi connectivity index (χ4v) is 2.27. The van der Waals surface area contributed by atoms with Gasteiger partial charge < -0.3 is 14.5 Å². The van der Waals surface area contributed by atoms with Crippen LogP contribution in [-0.2, 0) is 0 Å². The van der Waals surface area contributed by atoms with Crippen LogP contribution in [0.4, 0.5) is 5.69 Å². The highest BCUT2D eigenvalue weighted by molar-refractivity contribution is 9.10. The lowest BCUT2D eigenvalue weighted by Gasteiger charge is -2.01. The van der Waals surface area contributed by atoms with Crippen LogP contribution in [0.25, 0.3) is 0 Å². The summed E-state index contributed by atoms with van der Waals surface area (Å²) in [5, 5.41) is 14.8. The van der Waals surface area contributed by atoms with E-state index in [0.717, 1.165) is 4.47 Å². The van der Waals surface area contributed by atoms with Crippen molar-refractivity contribution in [3.05, 3.63) is 50.2 Å². The second-order valence-electron chi connectivity index (χ2n) is 4.45. The molecule has 118 valence electrons. The number of hydrogen-bond donors (Lipinski definition) is 2. The number of rotatable bonds is 4. The molecule has 2 aromatic rings. The van der Waals surface area contributed by atoms with Crippen molar-refractivity contribution in [3.8, 4) is 11.5 Å². The molecule has 2 heterocycles. The van der Waals surface area contributed by atoms with E-state index < -0.39 is 10.8 Å². The maximum Gasteiger partial charge on any atom is 0.287 e. The zero-order valence-corrected chi connectivity index (χ0v) is 13.0. The minimum atomic E-state index is -0.562. The number of benzene rings is 1. The summed E-state index contributed by atoms with van der Waals surface area (Å²) in [6.45, 7) is 0.00548. The third-order valence-corrected chi connectivity index (χ3v) is 3.44. The van der Waals surface area contributed by atoms with Crippen LogP contribution in [0.5, 0.6) is 11.5 Å². The highest BCUT2D eigenvalue weighted by Crippen LogP contribution is 2.37. The average Bonchev–Trinajstić information content (AvgIpc) is 3.14. The van der Waals surface area contributed by atoms with E-state index in [1.54, 1.807) is 12.3 Å². The van der Waals surface area contributed by atoms with E-state index in [1.165, 1.54) is 18.3 Å². The number of nitrogens with one attached hydrogen (secondary N) is 2. The fourth-order valence-electron chi connectivity index (χ4n) is 1.93. The molecule has 0 atom stereocenters. The van der Waals surface area contributed by atoms with Crippen LogP contribution in [0.3, 0.4) is 0 Å². The Hall–Kier alpha value is -2.88. The molecule has 1 aliphatic rings. The average molecular weight is 381 g/mol. The molecular formula is C13H9BrN4O5. The van der Waals surface area contributed by atoms with Gasteiger partial charge in [0.15, 0.2) is 11.5 Å². The van der Waals surface area contributed by atoms with Crippen molar-refractivity contribution in [2.24, 2.45) is 5.10 Å². The van der Waals surface area contributed by atoms with Gasteiger partial charge in [-0.15, -0.1) is 0 Å². The standard InChI is InChI=1S/C13H9BrN4O5/c14-8-2-9(15-5-8)13(19)17-16-4-7-1-11-12(23-6-22-11)3-10(7)18(20)21/h1-5,15H,6H2,(H,17,19)/b16-4-. The fraction of sp³-hybridized carbons (Fsp3) is 0.0769. The number of carbonyl (C=O) groups is 1. The Morgan fingerprint density at radius 3 is 2.78 bits per heavy atom. The molecule has 23 heavy (non-hydrogen) atoms. The summed E-state index contributed by atoms with van der Waals surface area (Å²) >= 11 is 3.21. The van der Waals surface area contributed by atoms with Gasteiger partial charge in [0.1, 0.15) is 5.69 Å². The smallest absolute Gasteiger partial charge is 0.287 e. The topological polar surface area (TPSA) is 119 Å². The highest BCUT2D eigenvalue weighted by Gasteiger charge is 2.22. The number of halogens is 1. The van der Waals surface area contributed by atoms with Crippen molar-refractivity contribution in [2.45, 2.75) is 0 Å². The van der Waals surface area contributed by atoms with E-state index in [0.29, 0.717) is 17.2 Å². The van der Waals surface area contributed by atoms with Crippen LogP contribution in [0, 0.1) is 10.1 Å². The van der Waals surface area contributed by atoms with Gasteiger partial charge >= 0.3 is 0 Å². The summed E-state index contributed by atoms with van der Waals surface area (Å²) in [4.78, 5) is 25.1. The van der Waals surface area contributed by atoms with Gasteiger partial charge in [0.25, 0.3) is 11.6 Å². The molecule has 3 rings (SSSR count). The molecule has 1 aliphatic heterocycles. The molecular weight excluding hydrogens is 372 g/mol. The van der Waals surface area contributed by atoms with Gasteiger partial charge in [-0.2, -0.15) is 5.10 Å². The predicted octanol–water partition coefficient (Wildman–Crippen LogP) is 2.18. The monoisotopic (exact) mass is 380 g/mol. The summed E-state index contributed by atoms with van der Waals surface area (Å²) < 4.78 is 11.0. The number of hydrogen-bond acceptors (Lipinski definition) is 6. The van der Waals surface area contributed by atoms with E-state index in [2.05, 4.69) is 31.4 Å². The summed E-state index contributed by atoms with van der Waals surface area (Å²) in [6, 6.07) is 4.27. The molecule has 2 N–H and O–H groups in total. The van der Waals surface area contributed by atoms with Gasteiger partial charge in [-0.3, -0.25) is 14.9 Å². The number of H-pyrrole nitrogens is 1. The number of ether oxygens (including phenoxy) is 2. The number of amides is 1. The molecule has 0 fully saturated rings. The van der Waals surface area contributed by atoms with Crippen LogP contribution in [0.1, 0.15) is 16.1 Å². The van der Waals surface area contributed by atoms with Crippen molar-refractivity contribution in [3.63, 3.8) is 0 Å². The van der Waals surface area contributed by atoms with Crippen LogP contribution >= 0.6 is 15.9 Å². The minimum Gasteiger partial charge on any atom is -0.454 e. The maximum absolute atomic E-state index is 11.8. The lowest BCUT2D eigenvalue weighted by Crippen LogP contribution is -2.17. The Morgan fingerprint density at radius 2 is 2.13 bits per heavy atom. The van der Waals surface area contributed by atoms with Crippen molar-refractivity contribution >= 4 is 33.7 Å². The zero-order valence-electron chi connectivity index (χ0n) is 11.4. The number of aromatic amines is 1. The molecule has 1 amide bonds. The molecule has 0 bridgehead atoms. The van der Waals surface area contributed by atoms with E-state index >= 15 is 0 Å². The molecule has 0 saturated heterocycles. The molecule has 0 spiro atoms. The predicted molar refractivity (Wildman–Crippen MR) is 82.8 cm³/mol. The lowest BCUT2D eigenvalue weighted by molar-refractivity contribution is -0.385. The van der Waals surface area contributed by atoms with Gasteiger partial charge in [-0.05, 0) is 28.1 Å². The van der Waals surface area contributed by atoms with Gasteiger partial charge in [0, 0.05) is 10.7 Å². The third-order valence-electron chi connectivity index (χ3n) is 2.98. The van der Waals surface area contributed by atoms with Gasteiger partial charge in [0.05, 0.1) is 22.8 Å². The first-order chi connectivity index (χ1) is 11.0. The molecule has 0 unspecified atom stereocenters. The van der Waals surface area contributed by atoms with Crippen LogP contribution in [0.15, 0.2) is 34.0 Å². The van der Waals surface area contributed by atoms with Crippen LogP contribution in [0.2, 0.25) is 0 Å². The van der Waals surface area contributed by atoms with Gasteiger partial charge in [0.2, 0.25) is 6.79 Å². The zero-order chi connectivity index (χ0) is 16.4. The molecule has 0 aliphatic carbocycles. The molecule has 10 heteroatoms. The van der Waals surface area contributed by atoms with Crippen molar-refractivity contribution in [1.29, 1.82) is 0 Å². The number of nitrogens with zero attached hydrogens (tertiary/aromatic N) is 2. The number of carbonyl (C=O) groups excluding carboxylic acids is 1. The van der Waals surface area contributed by atoms with Gasteiger partial charge in [-0.1, -0.05) is 0 Å². The number of aromatic nitrogens is 1. The Balaban J connectivity index is 1.79. The molecule has 9 nitrogen and oxygen atoms in total. The van der Waals surface area contributed by atoms with Crippen molar-refractivity contribution in [2.75, 3.05) is 6.79 Å². The number of fused-ring (bicyclic) bond motifs is 1. The Bertz CT molecular complexity index is 817. The van der Waals surface area contributed by atoms with Crippen molar-refractivity contribution in [1.82, 2.24) is 10.4 Å². The highest BCUT2D eigenvalue weighted by atomic mass is 79.9. The van der Waals surface area contributed by atoms with Crippen molar-refractivity contribution < 1.29 is 19.2 Å². The number of nitro benzene ring substituents is 1. The van der Waals surface area contributed by atoms with E-state index in [1.807, 2.05) is 0 Å².